The van der Waals surface area contributed by atoms with Gasteiger partial charge in [0.05, 0.1) is 25.6 Å². The molecule has 0 saturated carbocycles. The molecule has 0 aliphatic rings. The molecule has 0 unspecified atom stereocenters. The van der Waals surface area contributed by atoms with E-state index in [2.05, 4.69) is 85.1 Å². The molecule has 2 amide bonds. The number of rotatable bonds is 12. The zero-order chi connectivity index (χ0) is 32.4. The van der Waals surface area contributed by atoms with E-state index in [4.69, 9.17) is 19.9 Å². The first-order valence-electron chi connectivity index (χ1n) is 12.6. The summed E-state index contributed by atoms with van der Waals surface area (Å²) in [6.07, 6.45) is 0.00569. The number of carbonyl (C=O) groups is 3. The maximum absolute atomic E-state index is 12.2. The van der Waals surface area contributed by atoms with E-state index in [9.17, 15) is 14.4 Å². The minimum atomic E-state index is -0.598. The van der Waals surface area contributed by atoms with E-state index >= 15 is 0 Å². The molecular weight excluding hydrogens is 1110 g/mol. The van der Waals surface area contributed by atoms with Crippen molar-refractivity contribution in [1.29, 1.82) is 0 Å². The van der Waals surface area contributed by atoms with Gasteiger partial charge in [0, 0.05) is 64.5 Å². The van der Waals surface area contributed by atoms with Gasteiger partial charge in [-0.3, -0.25) is 14.4 Å². The Bertz CT molecular complexity index is 970. The van der Waals surface area contributed by atoms with E-state index in [0.717, 1.165) is 11.1 Å². The van der Waals surface area contributed by atoms with Crippen molar-refractivity contribution in [2.45, 2.75) is 51.9 Å². The number of hydrogen-bond acceptors (Lipinski definition) is 7. The predicted molar refractivity (Wildman–Crippen MR) is 198 cm³/mol. The van der Waals surface area contributed by atoms with Crippen molar-refractivity contribution in [2.24, 2.45) is 11.7 Å². The van der Waals surface area contributed by atoms with Crippen molar-refractivity contribution in [2.75, 3.05) is 27.4 Å². The average molecular weight is 1150 g/mol. The number of ether oxygens (including phenoxy) is 3. The molecule has 2 rings (SSSR count). The van der Waals surface area contributed by atoms with Gasteiger partial charge >= 0.3 is 56.5 Å². The summed E-state index contributed by atoms with van der Waals surface area (Å²) in [5, 5.41) is 5.56. The summed E-state index contributed by atoms with van der Waals surface area (Å²) in [6.45, 7) is 6.73. The fourth-order valence-electron chi connectivity index (χ4n) is 3.11. The van der Waals surface area contributed by atoms with Crippen LogP contribution >= 0.6 is 74.5 Å². The first-order valence-corrected chi connectivity index (χ1v) is 31.4. The third-order valence-electron chi connectivity index (χ3n) is 4.87. The molecular formula is C28H41I5N3O6-. The molecule has 9 nitrogen and oxygen atoms in total. The first-order chi connectivity index (χ1) is 20.0. The van der Waals surface area contributed by atoms with Crippen LogP contribution in [-0.2, 0) is 41.7 Å². The molecule has 0 aliphatic carbocycles. The summed E-state index contributed by atoms with van der Waals surface area (Å²) in [5.41, 5.74) is 7.05. The van der Waals surface area contributed by atoms with E-state index in [0.29, 0.717) is 26.3 Å². The third-order valence-corrected chi connectivity index (χ3v) is 4.87. The minimum absolute atomic E-state index is 0.00569. The van der Waals surface area contributed by atoms with Crippen LogP contribution in [0, 0.1) is 5.92 Å². The number of amides is 2. The van der Waals surface area contributed by atoms with Crippen molar-refractivity contribution < 1.29 is 41.8 Å². The van der Waals surface area contributed by atoms with Gasteiger partial charge in [0.2, 0.25) is 11.8 Å². The Morgan fingerprint density at radius 2 is 1.21 bits per heavy atom. The van der Waals surface area contributed by atoms with Gasteiger partial charge in [-0.25, -0.2) is 0 Å². The van der Waals surface area contributed by atoms with Gasteiger partial charge < -0.3 is 30.6 Å². The van der Waals surface area contributed by atoms with Crippen molar-refractivity contribution >= 4 is 92.2 Å². The van der Waals surface area contributed by atoms with Gasteiger partial charge in [0.1, 0.15) is 11.6 Å². The van der Waals surface area contributed by atoms with Crippen LogP contribution in [-0.4, -0.2) is 56.9 Å². The molecule has 0 radical (unpaired) electrons. The van der Waals surface area contributed by atoms with Crippen molar-refractivity contribution in [3.05, 3.63) is 71.8 Å². The summed E-state index contributed by atoms with van der Waals surface area (Å²) in [5.74, 6) is -1.36. The Labute approximate surface area is 303 Å². The number of nitrogens with one attached hydrogen (secondary N) is 2. The van der Waals surface area contributed by atoms with Crippen molar-refractivity contribution in [3.8, 4) is 0 Å². The van der Waals surface area contributed by atoms with E-state index in [1.807, 2.05) is 60.7 Å². The molecule has 2 atom stereocenters. The number of nitrogens with two attached hydrogens (primary N) is 1. The van der Waals surface area contributed by atoms with Gasteiger partial charge in [-0.1, -0.05) is 60.7 Å². The van der Waals surface area contributed by atoms with Crippen LogP contribution < -0.4 is 29.6 Å². The molecule has 0 spiro atoms. The predicted octanol–water partition coefficient (Wildman–Crippen LogP) is 3.12. The van der Waals surface area contributed by atoms with E-state index < -0.39 is 23.5 Å². The van der Waals surface area contributed by atoms with E-state index in [1.54, 1.807) is 20.8 Å². The normalized spacial score (nSPS) is 11.6. The molecule has 2 aromatic rings. The maximum atomic E-state index is 12.2. The Kier molecular flexibility index (Phi) is 30.5. The van der Waals surface area contributed by atoms with Gasteiger partial charge in [-0.15, -0.1) is 0 Å². The van der Waals surface area contributed by atoms with Crippen molar-refractivity contribution in [3.63, 3.8) is 0 Å². The molecule has 240 valence electrons. The molecule has 0 bridgehead atoms. The zero-order valence-corrected chi connectivity index (χ0v) is 35.2. The summed E-state index contributed by atoms with van der Waals surface area (Å²) in [7, 11) is 3.02. The van der Waals surface area contributed by atoms with Crippen LogP contribution in [0.25, 0.3) is 0 Å². The van der Waals surface area contributed by atoms with Gasteiger partial charge in [0.15, 0.2) is 0 Å². The SMILES string of the molecule is COC[C@@H](CC(=O)OC(C)(C)C)C(=O)NCc1ccccc1.COC[C@@H](N)C(=O)NCc1ccccc1.II.I[I-]I. The molecule has 2 aromatic carbocycles. The molecule has 14 heteroatoms. The number of carbonyl (C=O) groups excluding carboxylic acids is 3. The molecule has 0 aromatic heterocycles. The van der Waals surface area contributed by atoms with Crippen LogP contribution in [0.5, 0.6) is 0 Å². The van der Waals surface area contributed by atoms with Gasteiger partial charge in [-0.05, 0) is 31.9 Å². The van der Waals surface area contributed by atoms with Gasteiger partial charge in [-0.2, -0.15) is 0 Å². The van der Waals surface area contributed by atoms with Gasteiger partial charge in [0.25, 0.3) is 0 Å². The Hall–Kier alpha value is 0.380. The summed E-state index contributed by atoms with van der Waals surface area (Å²) in [4.78, 5) is 35.5. The summed E-state index contributed by atoms with van der Waals surface area (Å²) >= 11 is 9.54. The quantitative estimate of drug-likeness (QED) is 0.221. The number of methoxy groups -OCH3 is 2. The Balaban J connectivity index is 0. The summed E-state index contributed by atoms with van der Waals surface area (Å²) < 4.78 is 15.1. The molecule has 0 fully saturated rings. The number of hydrogen-bond donors (Lipinski definition) is 3. The second-order valence-electron chi connectivity index (χ2n) is 9.47. The first kappa shape index (κ1) is 44.5. The van der Waals surface area contributed by atoms with Crippen LogP contribution in [0.2, 0.25) is 0 Å². The molecule has 42 heavy (non-hydrogen) atoms. The molecule has 0 heterocycles. The summed E-state index contributed by atoms with van der Waals surface area (Å²) in [6, 6.07) is 18.7. The Morgan fingerprint density at radius 3 is 1.60 bits per heavy atom. The second kappa shape index (κ2) is 28.8. The fraction of sp³-hybridized carbons (Fsp3) is 0.464. The van der Waals surface area contributed by atoms with Crippen LogP contribution in [0.4, 0.5) is 0 Å². The standard InChI is InChI=1S/C17H25NO4.C11H16N2O2.I3.I2/c1-17(2,3)22-15(19)10-14(12-21-4)16(20)18-11-13-8-6-5-7-9-13;1-15-8-10(12)11(14)13-7-9-5-3-2-4-6-9;1-3-2;1-2/h5-9,14H,10-12H2,1-4H3,(H,18,20);2-6,10H,7-8,12H2,1H3,(H,13,14);;/q;;-1;/t14-;10-;;/m11../s1. The Morgan fingerprint density at radius 1 is 0.810 bits per heavy atom. The molecule has 0 aliphatic heterocycles. The molecule has 4 N–H and O–H groups in total. The van der Waals surface area contributed by atoms with Crippen molar-refractivity contribution in [1.82, 2.24) is 10.6 Å². The van der Waals surface area contributed by atoms with Crippen LogP contribution in [0.3, 0.4) is 0 Å². The average Bonchev–Trinajstić information content (AvgIpc) is 2.96. The number of esters is 1. The number of halogens is 5. The fourth-order valence-corrected chi connectivity index (χ4v) is 3.11. The monoisotopic (exact) mass is 1150 g/mol. The topological polar surface area (TPSA) is 129 Å². The molecule has 0 saturated heterocycles. The van der Waals surface area contributed by atoms with Crippen LogP contribution in [0.1, 0.15) is 38.3 Å². The zero-order valence-electron chi connectivity index (χ0n) is 24.4. The third kappa shape index (κ3) is 25.7. The van der Waals surface area contributed by atoms with E-state index in [-0.39, 0.29) is 31.4 Å². The second-order valence-corrected chi connectivity index (χ2v) is 25.7. The van der Waals surface area contributed by atoms with Crippen LogP contribution in [0.15, 0.2) is 60.7 Å². The van der Waals surface area contributed by atoms with E-state index in [1.165, 1.54) is 14.2 Å². The number of benzene rings is 2.